The van der Waals surface area contributed by atoms with E-state index in [1.807, 2.05) is 27.7 Å². The van der Waals surface area contributed by atoms with Gasteiger partial charge in [0.15, 0.2) is 0 Å². The number of fused-ring (bicyclic) bond motifs is 1. The fourth-order valence-corrected chi connectivity index (χ4v) is 3.50. The largest absolute Gasteiger partial charge is 0.516 e. The van der Waals surface area contributed by atoms with Crippen LogP contribution in [-0.2, 0) is 19.3 Å². The molecule has 1 aromatic carbocycles. The SMILES string of the molecule is CC1(C)OB(C2=NS(=O)(=O)c3ccccc32)OC1(C)C. The molecule has 20 heavy (non-hydrogen) atoms. The number of sulfonamides is 1. The van der Waals surface area contributed by atoms with Crippen LogP contribution in [0.4, 0.5) is 0 Å². The first-order valence-corrected chi connectivity index (χ1v) is 7.88. The topological polar surface area (TPSA) is 65.0 Å². The van der Waals surface area contributed by atoms with Crippen molar-refractivity contribution < 1.29 is 17.7 Å². The predicted molar refractivity (Wildman–Crippen MR) is 76.2 cm³/mol. The molecule has 1 saturated heterocycles. The van der Waals surface area contributed by atoms with Crippen LogP contribution in [0, 0.1) is 0 Å². The third-order valence-electron chi connectivity index (χ3n) is 4.14. The molecule has 0 atom stereocenters. The van der Waals surface area contributed by atoms with Gasteiger partial charge in [-0.25, -0.2) is 0 Å². The molecule has 0 amide bonds. The summed E-state index contributed by atoms with van der Waals surface area (Å²) in [6.45, 7) is 7.68. The molecule has 0 unspecified atom stereocenters. The van der Waals surface area contributed by atoms with Crippen LogP contribution in [0.3, 0.4) is 0 Å². The summed E-state index contributed by atoms with van der Waals surface area (Å²) in [6, 6.07) is 6.73. The summed E-state index contributed by atoms with van der Waals surface area (Å²) in [5, 5.41) is 0. The lowest BCUT2D eigenvalue weighted by Gasteiger charge is -2.32. The van der Waals surface area contributed by atoms with Crippen molar-refractivity contribution in [1.82, 2.24) is 0 Å². The maximum atomic E-state index is 12.0. The summed E-state index contributed by atoms with van der Waals surface area (Å²) in [7, 11) is -4.40. The van der Waals surface area contributed by atoms with Gasteiger partial charge >= 0.3 is 7.12 Å². The second-order valence-corrected chi connectivity index (χ2v) is 7.61. The number of rotatable bonds is 1. The van der Waals surface area contributed by atoms with Crippen molar-refractivity contribution in [3.05, 3.63) is 29.8 Å². The molecule has 7 heteroatoms. The summed E-state index contributed by atoms with van der Waals surface area (Å²) in [5.41, 5.74) is -0.159. The summed E-state index contributed by atoms with van der Waals surface area (Å²) in [4.78, 5) is 0.213. The van der Waals surface area contributed by atoms with Gasteiger partial charge in [0.05, 0.1) is 21.7 Å². The van der Waals surface area contributed by atoms with E-state index >= 15 is 0 Å². The van der Waals surface area contributed by atoms with Crippen LogP contribution in [0.5, 0.6) is 0 Å². The van der Waals surface area contributed by atoms with Crippen LogP contribution >= 0.6 is 0 Å². The van der Waals surface area contributed by atoms with E-state index in [-0.39, 0.29) is 4.90 Å². The molecule has 0 saturated carbocycles. The molecule has 2 aliphatic heterocycles. The molecule has 0 aromatic heterocycles. The Morgan fingerprint density at radius 3 is 2.20 bits per heavy atom. The Balaban J connectivity index is 2.07. The number of hydrogen-bond donors (Lipinski definition) is 0. The fraction of sp³-hybridized carbons (Fsp3) is 0.462. The lowest BCUT2D eigenvalue weighted by atomic mass is 9.78. The van der Waals surface area contributed by atoms with Crippen LogP contribution in [0.25, 0.3) is 0 Å². The average Bonchev–Trinajstić information content (AvgIpc) is 2.72. The molecule has 106 valence electrons. The van der Waals surface area contributed by atoms with Gasteiger partial charge in [-0.1, -0.05) is 18.2 Å². The highest BCUT2D eigenvalue weighted by Crippen LogP contribution is 2.39. The van der Waals surface area contributed by atoms with Crippen molar-refractivity contribution in [2.75, 3.05) is 0 Å². The molecule has 1 fully saturated rings. The van der Waals surface area contributed by atoms with E-state index in [4.69, 9.17) is 9.31 Å². The average molecular weight is 293 g/mol. The van der Waals surface area contributed by atoms with Crippen LogP contribution in [0.15, 0.2) is 33.6 Å². The van der Waals surface area contributed by atoms with E-state index in [1.165, 1.54) is 0 Å². The lowest BCUT2D eigenvalue weighted by Crippen LogP contribution is -2.41. The van der Waals surface area contributed by atoms with Gasteiger partial charge in [0, 0.05) is 5.56 Å². The molecule has 0 N–H and O–H groups in total. The van der Waals surface area contributed by atoms with Crippen molar-refractivity contribution in [3.8, 4) is 0 Å². The van der Waals surface area contributed by atoms with E-state index in [0.717, 1.165) is 0 Å². The smallest absolute Gasteiger partial charge is 0.398 e. The molecule has 1 aromatic rings. The highest BCUT2D eigenvalue weighted by Gasteiger charge is 2.55. The van der Waals surface area contributed by atoms with Crippen molar-refractivity contribution >= 4 is 22.8 Å². The second kappa shape index (κ2) is 3.93. The normalized spacial score (nSPS) is 25.4. The van der Waals surface area contributed by atoms with Crippen LogP contribution in [-0.4, -0.2) is 32.3 Å². The van der Waals surface area contributed by atoms with Gasteiger partial charge in [0.25, 0.3) is 10.0 Å². The predicted octanol–water partition coefficient (Wildman–Crippen LogP) is 1.81. The molecule has 5 nitrogen and oxygen atoms in total. The maximum absolute atomic E-state index is 12.0. The zero-order valence-corrected chi connectivity index (χ0v) is 12.7. The van der Waals surface area contributed by atoms with Gasteiger partial charge in [0.1, 0.15) is 0 Å². The Morgan fingerprint density at radius 1 is 1.05 bits per heavy atom. The Morgan fingerprint density at radius 2 is 1.60 bits per heavy atom. The highest BCUT2D eigenvalue weighted by atomic mass is 32.2. The molecule has 2 aliphatic rings. The first kappa shape index (κ1) is 13.8. The molecule has 0 bridgehead atoms. The Bertz CT molecular complexity index is 693. The summed E-state index contributed by atoms with van der Waals surface area (Å²) < 4.78 is 39.7. The third-order valence-corrected chi connectivity index (χ3v) is 5.48. The minimum absolute atomic E-state index is 0.213. The highest BCUT2D eigenvalue weighted by molar-refractivity contribution is 7.91. The van der Waals surface area contributed by atoms with Gasteiger partial charge in [-0.2, -0.15) is 12.8 Å². The van der Waals surface area contributed by atoms with Crippen LogP contribution in [0.1, 0.15) is 33.3 Å². The Kier molecular flexibility index (Phi) is 2.71. The molecule has 0 aliphatic carbocycles. The molecule has 0 radical (unpaired) electrons. The zero-order valence-electron chi connectivity index (χ0n) is 11.9. The standard InChI is InChI=1S/C13H16BNO4S/c1-12(2)13(3,4)19-14(18-12)11-9-7-5-6-8-10(9)20(16,17)15-11/h5-8H,1-4H3. The van der Waals surface area contributed by atoms with E-state index < -0.39 is 28.3 Å². The van der Waals surface area contributed by atoms with Crippen molar-refractivity contribution in [2.45, 2.75) is 43.8 Å². The number of nitrogens with zero attached hydrogens (tertiary/aromatic N) is 1. The van der Waals surface area contributed by atoms with Gasteiger partial charge in [-0.05, 0) is 33.8 Å². The monoisotopic (exact) mass is 293 g/mol. The minimum atomic E-state index is -3.64. The van der Waals surface area contributed by atoms with Crippen LogP contribution in [0.2, 0.25) is 0 Å². The summed E-state index contributed by atoms with van der Waals surface area (Å²) in [5.74, 6) is 0. The van der Waals surface area contributed by atoms with E-state index in [1.54, 1.807) is 24.3 Å². The molecular formula is C13H16BNO4S. The summed E-state index contributed by atoms with van der Waals surface area (Å²) in [6.07, 6.45) is 0. The van der Waals surface area contributed by atoms with Gasteiger partial charge in [-0.15, -0.1) is 0 Å². The van der Waals surface area contributed by atoms with E-state index in [9.17, 15) is 8.42 Å². The van der Waals surface area contributed by atoms with Gasteiger partial charge in [0.2, 0.25) is 0 Å². The molecule has 3 rings (SSSR count). The van der Waals surface area contributed by atoms with Crippen molar-refractivity contribution in [2.24, 2.45) is 4.40 Å². The second-order valence-electron chi connectivity index (χ2n) is 6.04. The minimum Gasteiger partial charge on any atom is -0.398 e. The summed E-state index contributed by atoms with van der Waals surface area (Å²) >= 11 is 0. The number of hydrogen-bond acceptors (Lipinski definition) is 4. The van der Waals surface area contributed by atoms with Crippen LogP contribution < -0.4 is 0 Å². The molecule has 0 spiro atoms. The van der Waals surface area contributed by atoms with E-state index in [2.05, 4.69) is 4.40 Å². The molecule has 2 heterocycles. The first-order chi connectivity index (χ1) is 9.14. The number of benzene rings is 1. The Labute approximate surface area is 119 Å². The zero-order chi connectivity index (χ0) is 14.8. The fourth-order valence-electron chi connectivity index (χ4n) is 2.26. The maximum Gasteiger partial charge on any atom is 0.516 e. The van der Waals surface area contributed by atoms with E-state index in [0.29, 0.717) is 11.2 Å². The molecular weight excluding hydrogens is 277 g/mol. The quantitative estimate of drug-likeness (QED) is 0.741. The van der Waals surface area contributed by atoms with Gasteiger partial charge in [-0.3, -0.25) is 0 Å². The Hall–Kier alpha value is -1.18. The lowest BCUT2D eigenvalue weighted by molar-refractivity contribution is 0.00578. The third kappa shape index (κ3) is 1.84. The van der Waals surface area contributed by atoms with Gasteiger partial charge < -0.3 is 9.31 Å². The first-order valence-electron chi connectivity index (χ1n) is 6.44. The van der Waals surface area contributed by atoms with Crippen molar-refractivity contribution in [1.29, 1.82) is 0 Å². The van der Waals surface area contributed by atoms with Crippen molar-refractivity contribution in [3.63, 3.8) is 0 Å².